The van der Waals surface area contributed by atoms with E-state index >= 15 is 0 Å². The molecule has 0 N–H and O–H groups in total. The van der Waals surface area contributed by atoms with Crippen LogP contribution in [0.15, 0.2) is 0 Å². The first-order chi connectivity index (χ1) is 26.8. The van der Waals surface area contributed by atoms with E-state index in [1.54, 1.807) is 0 Å². The molecule has 0 saturated heterocycles. The van der Waals surface area contributed by atoms with Crippen molar-refractivity contribution < 1.29 is 18.0 Å². The van der Waals surface area contributed by atoms with E-state index in [0.717, 1.165) is 12.8 Å². The van der Waals surface area contributed by atoms with Crippen molar-refractivity contribution in [2.45, 2.75) is 247 Å². The molecular formula is C48H103N2O2PS2+2. The molecule has 0 amide bonds. The number of quaternary nitrogens is 2. The second kappa shape index (κ2) is 40.3. The maximum absolute atomic E-state index is 5.94. The third kappa shape index (κ3) is 34.3. The summed E-state index contributed by atoms with van der Waals surface area (Å²) < 4.78 is 14.7. The first kappa shape index (κ1) is 55.8. The molecule has 0 aromatic rings. The Morgan fingerprint density at radius 1 is 0.309 bits per heavy atom. The molecule has 4 nitrogen and oxygen atoms in total. The SMILES string of the molecule is CCCC[N+](CCCC)(CCCC)CCCCCCCCCCCCOP(=S)(S)OCCCCCCCCCCCC[N+](CCCC)(CCCC)CCCC. The van der Waals surface area contributed by atoms with Crippen molar-refractivity contribution in [1.82, 2.24) is 0 Å². The maximum atomic E-state index is 5.94. The Kier molecular flexibility index (Phi) is 40.9. The molecule has 0 atom stereocenters. The van der Waals surface area contributed by atoms with Crippen LogP contribution in [0.4, 0.5) is 0 Å². The van der Waals surface area contributed by atoms with E-state index in [1.807, 2.05) is 0 Å². The molecule has 0 rings (SSSR count). The Labute approximate surface area is 358 Å². The van der Waals surface area contributed by atoms with Gasteiger partial charge in [0.15, 0.2) is 0 Å². The Balaban J connectivity index is 3.79. The number of rotatable bonds is 46. The van der Waals surface area contributed by atoms with Crippen LogP contribution in [0.5, 0.6) is 0 Å². The molecule has 0 fully saturated rings. The van der Waals surface area contributed by atoms with Crippen LogP contribution in [0.2, 0.25) is 0 Å². The lowest BCUT2D eigenvalue weighted by Crippen LogP contribution is -2.50. The van der Waals surface area contributed by atoms with Gasteiger partial charge in [-0.3, -0.25) is 0 Å². The third-order valence-corrected chi connectivity index (χ3v) is 14.8. The van der Waals surface area contributed by atoms with E-state index < -0.39 is 5.69 Å². The minimum Gasteiger partial charge on any atom is -0.324 e. The fraction of sp³-hybridized carbons (Fsp3) is 1.00. The van der Waals surface area contributed by atoms with Gasteiger partial charge < -0.3 is 18.0 Å². The summed E-state index contributed by atoms with van der Waals surface area (Å²) in [5, 5.41) is 0. The third-order valence-electron chi connectivity index (χ3n) is 12.5. The highest BCUT2D eigenvalue weighted by atomic mass is 32.9. The number of nitrogens with zero attached hydrogens (tertiary/aromatic N) is 2. The summed E-state index contributed by atoms with van der Waals surface area (Å²) in [6.45, 7) is 26.9. The first-order valence-corrected chi connectivity index (χ1v) is 28.9. The lowest BCUT2D eigenvalue weighted by Gasteiger charge is -2.39. The minimum absolute atomic E-state index is 0.701. The molecule has 332 valence electrons. The molecule has 0 unspecified atom stereocenters. The summed E-state index contributed by atoms with van der Waals surface area (Å²) in [5.74, 6) is 0. The molecule has 0 aliphatic heterocycles. The van der Waals surface area contributed by atoms with Gasteiger partial charge in [0.05, 0.1) is 65.6 Å². The molecule has 55 heavy (non-hydrogen) atoms. The molecule has 0 bridgehead atoms. The van der Waals surface area contributed by atoms with Gasteiger partial charge in [-0.2, -0.15) is 0 Å². The topological polar surface area (TPSA) is 18.5 Å². The number of unbranched alkanes of at least 4 members (excludes halogenated alkanes) is 24. The second-order valence-electron chi connectivity index (χ2n) is 17.8. The molecule has 0 aromatic carbocycles. The number of thiol groups is 1. The van der Waals surface area contributed by atoms with Gasteiger partial charge >= 0.3 is 0 Å². The lowest BCUT2D eigenvalue weighted by atomic mass is 10.1. The zero-order valence-corrected chi connectivity index (χ0v) is 41.3. The highest BCUT2D eigenvalue weighted by Crippen LogP contribution is 2.53. The van der Waals surface area contributed by atoms with Crippen LogP contribution in [0.25, 0.3) is 0 Å². The molecule has 0 aliphatic rings. The number of hydrogen-bond acceptors (Lipinski definition) is 3. The quantitative estimate of drug-likeness (QED) is 0.0285. The Morgan fingerprint density at radius 2 is 0.491 bits per heavy atom. The van der Waals surface area contributed by atoms with Crippen LogP contribution in [-0.4, -0.2) is 74.5 Å². The van der Waals surface area contributed by atoms with Crippen LogP contribution in [0, 0.1) is 0 Å². The Morgan fingerprint density at radius 3 is 0.709 bits per heavy atom. The van der Waals surface area contributed by atoms with Crippen molar-refractivity contribution in [3.8, 4) is 0 Å². The summed E-state index contributed by atoms with van der Waals surface area (Å²) in [6, 6.07) is 0. The summed E-state index contributed by atoms with van der Waals surface area (Å²) in [5.41, 5.74) is -2.38. The highest BCUT2D eigenvalue weighted by Gasteiger charge is 2.26. The van der Waals surface area contributed by atoms with E-state index in [9.17, 15) is 0 Å². The van der Waals surface area contributed by atoms with Crippen molar-refractivity contribution in [3.05, 3.63) is 0 Å². The molecule has 0 spiro atoms. The average molecular weight is 835 g/mol. The molecule has 0 heterocycles. The van der Waals surface area contributed by atoms with Gasteiger partial charge in [0.1, 0.15) is 0 Å². The van der Waals surface area contributed by atoms with Gasteiger partial charge in [0.25, 0.3) is 0 Å². The fourth-order valence-electron chi connectivity index (χ4n) is 8.63. The molecular weight excluding hydrogens is 732 g/mol. The summed E-state index contributed by atoms with van der Waals surface area (Å²) >= 11 is 10.2. The van der Waals surface area contributed by atoms with Crippen LogP contribution >= 0.6 is 17.9 Å². The molecule has 0 radical (unpaired) electrons. The Hall–Kier alpha value is 0.840. The van der Waals surface area contributed by atoms with E-state index in [1.165, 1.54) is 254 Å². The van der Waals surface area contributed by atoms with Crippen molar-refractivity contribution in [1.29, 1.82) is 0 Å². The molecule has 7 heteroatoms. The lowest BCUT2D eigenvalue weighted by molar-refractivity contribution is -0.929. The normalized spacial score (nSPS) is 12.6. The van der Waals surface area contributed by atoms with Gasteiger partial charge in [-0.25, -0.2) is 0 Å². The monoisotopic (exact) mass is 835 g/mol. The Bertz CT molecular complexity index is 726. The molecule has 0 saturated carbocycles. The van der Waals surface area contributed by atoms with E-state index in [2.05, 4.69) is 53.8 Å². The minimum atomic E-state index is -2.38. The smallest absolute Gasteiger partial charge is 0.244 e. The zero-order valence-electron chi connectivity index (χ0n) is 38.7. The van der Waals surface area contributed by atoms with Crippen molar-refractivity contribution in [2.24, 2.45) is 0 Å². The predicted octanol–water partition coefficient (Wildman–Crippen LogP) is 16.4. The van der Waals surface area contributed by atoms with E-state index in [-0.39, 0.29) is 0 Å². The summed E-state index contributed by atoms with van der Waals surface area (Å²) in [6.07, 6.45) is 43.3. The number of hydrogen-bond donors (Lipinski definition) is 1. The van der Waals surface area contributed by atoms with Crippen LogP contribution in [-0.2, 0) is 20.9 Å². The van der Waals surface area contributed by atoms with Crippen molar-refractivity contribution in [2.75, 3.05) is 65.6 Å². The van der Waals surface area contributed by atoms with Crippen LogP contribution in [0.3, 0.4) is 0 Å². The second-order valence-corrected chi connectivity index (χ2v) is 23.1. The standard InChI is InChI=1S/C48H102N2O2PS2/c1-7-13-39-49(40-14-8-2,41-15-9-3)45-35-31-27-23-19-21-25-29-33-37-47-51-53(54,55)52-48-38-34-30-26-22-20-24-28-32-36-46-50(42-16-10-4,43-17-11-5)44-18-12-6/h7-48H2,1-6H3/q+1/p+1. The van der Waals surface area contributed by atoms with Gasteiger partial charge in [-0.15, -0.1) is 0 Å². The van der Waals surface area contributed by atoms with Crippen LogP contribution < -0.4 is 0 Å². The fourth-order valence-corrected chi connectivity index (χ4v) is 10.4. The predicted molar refractivity (Wildman–Crippen MR) is 256 cm³/mol. The molecule has 0 aromatic heterocycles. The maximum Gasteiger partial charge on any atom is 0.244 e. The first-order valence-electron chi connectivity index (χ1n) is 25.1. The van der Waals surface area contributed by atoms with E-state index in [4.69, 9.17) is 20.9 Å². The van der Waals surface area contributed by atoms with Crippen molar-refractivity contribution in [3.63, 3.8) is 0 Å². The van der Waals surface area contributed by atoms with E-state index in [0.29, 0.717) is 13.2 Å². The van der Waals surface area contributed by atoms with Crippen LogP contribution in [0.1, 0.15) is 247 Å². The summed E-state index contributed by atoms with van der Waals surface area (Å²) in [4.78, 5) is 0. The average Bonchev–Trinajstić information content (AvgIpc) is 3.19. The zero-order chi connectivity index (χ0) is 40.6. The largest absolute Gasteiger partial charge is 0.324 e. The van der Waals surface area contributed by atoms with Gasteiger partial charge in [0, 0.05) is 0 Å². The van der Waals surface area contributed by atoms with Gasteiger partial charge in [-0.05, 0) is 88.9 Å². The van der Waals surface area contributed by atoms with Gasteiger partial charge in [0.2, 0.25) is 5.69 Å². The van der Waals surface area contributed by atoms with Crippen molar-refractivity contribution >= 4 is 29.7 Å². The molecule has 0 aliphatic carbocycles. The highest BCUT2D eigenvalue weighted by molar-refractivity contribution is 8.60. The summed E-state index contributed by atoms with van der Waals surface area (Å²) in [7, 11) is 0. The van der Waals surface area contributed by atoms with Gasteiger partial charge in [-0.1, -0.05) is 182 Å².